The molecule has 1 unspecified atom stereocenters. The number of quaternary nitrogens is 1. The van der Waals surface area contributed by atoms with E-state index in [0.717, 1.165) is 16.9 Å². The summed E-state index contributed by atoms with van der Waals surface area (Å²) >= 11 is 0. The van der Waals surface area contributed by atoms with Gasteiger partial charge in [-0.25, -0.2) is 0 Å². The molecule has 1 heterocycles. The lowest BCUT2D eigenvalue weighted by Crippen LogP contribution is -2.31. The number of fused-ring (bicyclic) bond motifs is 1. The predicted octanol–water partition coefficient (Wildman–Crippen LogP) is 3.37. The first-order chi connectivity index (χ1) is 8.78. The number of hydrogen-bond donors (Lipinski definition) is 1. The molecule has 0 radical (unpaired) electrons. The molecule has 0 bridgehead atoms. The summed E-state index contributed by atoms with van der Waals surface area (Å²) in [5, 5.41) is 9.66. The van der Waals surface area contributed by atoms with Crippen LogP contribution < -0.4 is 10.2 Å². The normalized spacial score (nSPS) is 20.4. The first-order valence-electron chi connectivity index (χ1n) is 5.72. The van der Waals surface area contributed by atoms with Gasteiger partial charge in [0.15, 0.2) is 11.4 Å². The summed E-state index contributed by atoms with van der Waals surface area (Å²) in [4.78, 5) is 0. The zero-order chi connectivity index (χ0) is 12.6. The third-order valence-corrected chi connectivity index (χ3v) is 3.27. The van der Waals surface area contributed by atoms with E-state index in [-0.39, 0.29) is 4.48 Å². The van der Waals surface area contributed by atoms with Gasteiger partial charge in [-0.15, -0.1) is 9.74 Å². The Morgan fingerprint density at radius 2 is 1.61 bits per heavy atom. The summed E-state index contributed by atoms with van der Waals surface area (Å²) in [5.74, 6) is 0. The lowest BCUT2D eigenvalue weighted by Gasteiger charge is -2.22. The van der Waals surface area contributed by atoms with Gasteiger partial charge in [-0.05, 0) is 12.1 Å². The smallest absolute Gasteiger partial charge is 0.325 e. The van der Waals surface area contributed by atoms with Gasteiger partial charge >= 0.3 is 6.19 Å². The van der Waals surface area contributed by atoms with Crippen molar-refractivity contribution in [3.63, 3.8) is 0 Å². The van der Waals surface area contributed by atoms with Crippen LogP contribution in [0.15, 0.2) is 54.7 Å². The fraction of sp³-hybridized carbons (Fsp3) is 0. The molecule has 0 saturated carbocycles. The molecule has 3 heteroatoms. The van der Waals surface area contributed by atoms with Crippen molar-refractivity contribution >= 4 is 23.1 Å². The van der Waals surface area contributed by atoms with Crippen molar-refractivity contribution in [2.24, 2.45) is 0 Å². The second-order valence-corrected chi connectivity index (χ2v) is 4.26. The highest BCUT2D eigenvalue weighted by atomic mass is 15.4. The van der Waals surface area contributed by atoms with Crippen molar-refractivity contribution in [2.45, 2.75) is 0 Å². The van der Waals surface area contributed by atoms with Gasteiger partial charge in [-0.1, -0.05) is 24.3 Å². The Morgan fingerprint density at radius 1 is 0.944 bits per heavy atom. The van der Waals surface area contributed by atoms with Crippen molar-refractivity contribution in [1.82, 2.24) is 4.48 Å². The molecule has 2 aromatic carbocycles. The zero-order valence-electron chi connectivity index (χ0n) is 9.75. The van der Waals surface area contributed by atoms with E-state index in [4.69, 9.17) is 5.73 Å². The van der Waals surface area contributed by atoms with Gasteiger partial charge < -0.3 is 5.73 Å². The van der Waals surface area contributed by atoms with Crippen LogP contribution in [0.25, 0.3) is 6.08 Å². The summed E-state index contributed by atoms with van der Waals surface area (Å²) in [5.41, 5.74) is 9.44. The maximum atomic E-state index is 9.66. The fourth-order valence-corrected chi connectivity index (χ4v) is 2.38. The minimum atomic E-state index is 0.0167. The van der Waals surface area contributed by atoms with Crippen LogP contribution in [0, 0.1) is 11.5 Å². The Morgan fingerprint density at radius 3 is 2.33 bits per heavy atom. The number of anilines is 1. The molecule has 18 heavy (non-hydrogen) atoms. The van der Waals surface area contributed by atoms with E-state index in [9.17, 15) is 5.26 Å². The third-order valence-electron chi connectivity index (χ3n) is 3.27. The van der Waals surface area contributed by atoms with Gasteiger partial charge in [-0.2, -0.15) is 0 Å². The Hall–Kier alpha value is -2.57. The molecular formula is C15H12N3+. The molecular weight excluding hydrogens is 222 g/mol. The highest BCUT2D eigenvalue weighted by Crippen LogP contribution is 2.44. The lowest BCUT2D eigenvalue weighted by atomic mass is 10.1. The topological polar surface area (TPSA) is 49.8 Å². The van der Waals surface area contributed by atoms with E-state index in [1.807, 2.05) is 60.8 Å². The molecule has 0 aliphatic carbocycles. The number of nitriles is 1. The highest BCUT2D eigenvalue weighted by Gasteiger charge is 2.39. The number of para-hydroxylation sites is 3. The molecule has 86 valence electrons. The largest absolute Gasteiger partial charge is 0.394 e. The molecule has 2 aromatic rings. The molecule has 0 spiro atoms. The zero-order valence-corrected chi connectivity index (χ0v) is 9.75. The van der Waals surface area contributed by atoms with Crippen molar-refractivity contribution in [2.75, 3.05) is 5.73 Å². The van der Waals surface area contributed by atoms with Crippen LogP contribution in [-0.2, 0) is 0 Å². The molecule has 0 fully saturated rings. The number of hydrogen-bond acceptors (Lipinski definition) is 2. The van der Waals surface area contributed by atoms with E-state index >= 15 is 0 Å². The molecule has 1 aliphatic rings. The van der Waals surface area contributed by atoms with E-state index in [1.54, 1.807) is 0 Å². The SMILES string of the molecule is N#C[N+]1(c2ccccc2N)C=Cc2ccccc21. The van der Waals surface area contributed by atoms with Crippen LogP contribution in [0.2, 0.25) is 0 Å². The number of nitrogens with two attached hydrogens (primary N) is 1. The minimum Gasteiger partial charge on any atom is -0.394 e. The van der Waals surface area contributed by atoms with Crippen LogP contribution >= 0.6 is 0 Å². The maximum Gasteiger partial charge on any atom is 0.325 e. The van der Waals surface area contributed by atoms with Crippen molar-refractivity contribution in [3.05, 3.63) is 60.3 Å². The van der Waals surface area contributed by atoms with Crippen LogP contribution in [0.4, 0.5) is 17.1 Å². The molecule has 3 nitrogen and oxygen atoms in total. The van der Waals surface area contributed by atoms with Crippen molar-refractivity contribution < 1.29 is 0 Å². The van der Waals surface area contributed by atoms with Crippen LogP contribution in [0.1, 0.15) is 5.56 Å². The summed E-state index contributed by atoms with van der Waals surface area (Å²) in [7, 11) is 0. The Bertz CT molecular complexity index is 682. The van der Waals surface area contributed by atoms with Gasteiger partial charge in [0.05, 0.1) is 5.69 Å². The van der Waals surface area contributed by atoms with Crippen LogP contribution in [0.5, 0.6) is 0 Å². The predicted molar refractivity (Wildman–Crippen MR) is 73.4 cm³/mol. The average molecular weight is 234 g/mol. The molecule has 0 amide bonds. The minimum absolute atomic E-state index is 0.0167. The molecule has 3 rings (SSSR count). The molecule has 0 saturated heterocycles. The van der Waals surface area contributed by atoms with Gasteiger partial charge in [-0.3, -0.25) is 0 Å². The van der Waals surface area contributed by atoms with Crippen LogP contribution in [0.3, 0.4) is 0 Å². The molecule has 0 aromatic heterocycles. The molecule has 2 N–H and O–H groups in total. The summed E-state index contributed by atoms with van der Waals surface area (Å²) in [6.45, 7) is 0. The standard InChI is InChI=1S/C15H12N3/c16-11-18(15-8-4-2-6-13(15)17)10-9-12-5-1-3-7-14(12)18/h1-10H,17H2/q+1. The van der Waals surface area contributed by atoms with Gasteiger partial charge in [0, 0.05) is 23.8 Å². The second-order valence-electron chi connectivity index (χ2n) is 4.26. The Kier molecular flexibility index (Phi) is 2.19. The summed E-state index contributed by atoms with van der Waals surface area (Å²) in [6.07, 6.45) is 6.20. The third kappa shape index (κ3) is 1.27. The van der Waals surface area contributed by atoms with Crippen molar-refractivity contribution in [1.29, 1.82) is 5.26 Å². The number of nitrogen functional groups attached to an aromatic ring is 1. The van der Waals surface area contributed by atoms with Crippen LogP contribution in [-0.4, -0.2) is 0 Å². The number of rotatable bonds is 1. The molecule has 1 aliphatic heterocycles. The number of benzene rings is 2. The fourth-order valence-electron chi connectivity index (χ4n) is 2.38. The van der Waals surface area contributed by atoms with Gasteiger partial charge in [0.2, 0.25) is 0 Å². The van der Waals surface area contributed by atoms with E-state index < -0.39 is 0 Å². The lowest BCUT2D eigenvalue weighted by molar-refractivity contribution is 0.710. The number of nitrogens with zero attached hydrogens (tertiary/aromatic N) is 2. The monoisotopic (exact) mass is 234 g/mol. The second kappa shape index (κ2) is 3.73. The van der Waals surface area contributed by atoms with E-state index in [2.05, 4.69) is 6.19 Å². The summed E-state index contributed by atoms with van der Waals surface area (Å²) < 4.78 is 0.0167. The van der Waals surface area contributed by atoms with E-state index in [0.29, 0.717) is 5.69 Å². The summed E-state index contributed by atoms with van der Waals surface area (Å²) in [6, 6.07) is 15.4. The first kappa shape index (κ1) is 10.6. The molecule has 1 atom stereocenters. The average Bonchev–Trinajstić information content (AvgIpc) is 2.79. The van der Waals surface area contributed by atoms with Gasteiger partial charge in [0.25, 0.3) is 0 Å². The highest BCUT2D eigenvalue weighted by molar-refractivity contribution is 5.85. The van der Waals surface area contributed by atoms with Gasteiger partial charge in [0.1, 0.15) is 6.20 Å². The van der Waals surface area contributed by atoms with Crippen molar-refractivity contribution in [3.8, 4) is 6.19 Å². The maximum absolute atomic E-state index is 9.66. The van der Waals surface area contributed by atoms with E-state index in [1.165, 1.54) is 0 Å². The first-order valence-corrected chi connectivity index (χ1v) is 5.72. The Balaban J connectivity index is 2.30. The quantitative estimate of drug-likeness (QED) is 0.467. The Labute approximate surface area is 106 Å².